The molecule has 0 unspecified atom stereocenters. The van der Waals surface area contributed by atoms with Crippen molar-refractivity contribution in [3.63, 3.8) is 0 Å². The van der Waals surface area contributed by atoms with Gasteiger partial charge in [-0.2, -0.15) is 0 Å². The van der Waals surface area contributed by atoms with Crippen LogP contribution in [-0.4, -0.2) is 24.5 Å². The molecule has 1 aromatic rings. The van der Waals surface area contributed by atoms with E-state index in [2.05, 4.69) is 61.8 Å². The Balaban J connectivity index is 1.93. The molecular weight excluding hydrogens is 230 g/mol. The van der Waals surface area contributed by atoms with Crippen LogP contribution in [0.25, 0.3) is 0 Å². The highest BCUT2D eigenvalue weighted by atomic mass is 15.1. The van der Waals surface area contributed by atoms with Gasteiger partial charge in [0, 0.05) is 11.5 Å². The van der Waals surface area contributed by atoms with Gasteiger partial charge in [0.1, 0.15) is 0 Å². The first kappa shape index (κ1) is 14.2. The molecule has 0 aromatic heterocycles. The van der Waals surface area contributed by atoms with E-state index in [1.807, 2.05) is 0 Å². The summed E-state index contributed by atoms with van der Waals surface area (Å²) in [5.74, 6) is 7.99. The Morgan fingerprint density at radius 2 is 1.79 bits per heavy atom. The SMILES string of the molecule is CCN1CCC(C#Cc2ccc(C(C)C)cc2)CC1. The van der Waals surface area contributed by atoms with Crippen molar-refractivity contribution in [2.75, 3.05) is 19.6 Å². The third kappa shape index (κ3) is 4.11. The highest BCUT2D eigenvalue weighted by Gasteiger charge is 2.15. The van der Waals surface area contributed by atoms with Crippen molar-refractivity contribution in [2.24, 2.45) is 5.92 Å². The molecule has 1 saturated heterocycles. The van der Waals surface area contributed by atoms with Gasteiger partial charge in [-0.15, -0.1) is 0 Å². The van der Waals surface area contributed by atoms with Crippen molar-refractivity contribution < 1.29 is 0 Å². The van der Waals surface area contributed by atoms with Crippen LogP contribution in [0, 0.1) is 17.8 Å². The molecule has 0 N–H and O–H groups in total. The summed E-state index contributed by atoms with van der Waals surface area (Å²) in [7, 11) is 0. The summed E-state index contributed by atoms with van der Waals surface area (Å²) in [5, 5.41) is 0. The lowest BCUT2D eigenvalue weighted by Gasteiger charge is -2.28. The summed E-state index contributed by atoms with van der Waals surface area (Å²) in [6.45, 7) is 10.3. The Kier molecular flexibility index (Phi) is 5.05. The molecule has 2 rings (SSSR count). The lowest BCUT2D eigenvalue weighted by atomic mass is 9.96. The summed E-state index contributed by atoms with van der Waals surface area (Å²) < 4.78 is 0. The van der Waals surface area contributed by atoms with Crippen LogP contribution in [0.3, 0.4) is 0 Å². The van der Waals surface area contributed by atoms with Gasteiger partial charge in [0.2, 0.25) is 0 Å². The molecule has 0 amide bonds. The topological polar surface area (TPSA) is 3.24 Å². The van der Waals surface area contributed by atoms with Crippen molar-refractivity contribution in [2.45, 2.75) is 39.5 Å². The zero-order valence-electron chi connectivity index (χ0n) is 12.4. The van der Waals surface area contributed by atoms with E-state index in [9.17, 15) is 0 Å². The van der Waals surface area contributed by atoms with Crippen LogP contribution in [0.5, 0.6) is 0 Å². The fraction of sp³-hybridized carbons (Fsp3) is 0.556. The zero-order chi connectivity index (χ0) is 13.7. The second-order valence-electron chi connectivity index (χ2n) is 5.75. The average molecular weight is 255 g/mol. The Hall–Kier alpha value is -1.26. The molecule has 0 spiro atoms. The molecule has 1 heterocycles. The van der Waals surface area contributed by atoms with E-state index in [4.69, 9.17) is 0 Å². The Morgan fingerprint density at radius 3 is 2.32 bits per heavy atom. The summed E-state index contributed by atoms with van der Waals surface area (Å²) in [4.78, 5) is 2.51. The van der Waals surface area contributed by atoms with Gasteiger partial charge >= 0.3 is 0 Å². The molecule has 0 saturated carbocycles. The van der Waals surface area contributed by atoms with E-state index in [0.29, 0.717) is 11.8 Å². The second-order valence-corrected chi connectivity index (χ2v) is 5.75. The molecule has 102 valence electrons. The number of likely N-dealkylation sites (tertiary alicyclic amines) is 1. The number of rotatable bonds is 2. The van der Waals surface area contributed by atoms with E-state index in [1.165, 1.54) is 38.0 Å². The van der Waals surface area contributed by atoms with Gasteiger partial charge in [-0.3, -0.25) is 0 Å². The van der Waals surface area contributed by atoms with E-state index < -0.39 is 0 Å². The number of nitrogens with zero attached hydrogens (tertiary/aromatic N) is 1. The summed E-state index contributed by atoms with van der Waals surface area (Å²) >= 11 is 0. The van der Waals surface area contributed by atoms with Gasteiger partial charge in [0.15, 0.2) is 0 Å². The second kappa shape index (κ2) is 6.78. The van der Waals surface area contributed by atoms with E-state index in [0.717, 1.165) is 5.56 Å². The molecule has 1 aliphatic rings. The summed E-state index contributed by atoms with van der Waals surface area (Å²) in [6, 6.07) is 8.72. The van der Waals surface area contributed by atoms with Crippen LogP contribution >= 0.6 is 0 Å². The number of hydrogen-bond donors (Lipinski definition) is 0. The normalized spacial score (nSPS) is 17.3. The predicted octanol–water partition coefficient (Wildman–Crippen LogP) is 3.89. The first-order chi connectivity index (χ1) is 9.19. The first-order valence-electron chi connectivity index (χ1n) is 7.53. The van der Waals surface area contributed by atoms with Gasteiger partial charge in [-0.05, 0) is 56.1 Å². The highest BCUT2D eigenvalue weighted by Crippen LogP contribution is 2.17. The molecule has 0 radical (unpaired) electrons. The smallest absolute Gasteiger partial charge is 0.0245 e. The standard InChI is InChI=1S/C18H25N/c1-4-19-13-11-17(12-14-19)6-5-16-7-9-18(10-8-16)15(2)3/h7-10,15,17H,4,11-14H2,1-3H3. The number of hydrogen-bond acceptors (Lipinski definition) is 1. The molecule has 0 aliphatic carbocycles. The van der Waals surface area contributed by atoms with Gasteiger partial charge in [0.05, 0.1) is 0 Å². The molecule has 1 nitrogen and oxygen atoms in total. The van der Waals surface area contributed by atoms with E-state index in [1.54, 1.807) is 0 Å². The van der Waals surface area contributed by atoms with Crippen molar-refractivity contribution in [1.29, 1.82) is 0 Å². The maximum absolute atomic E-state index is 3.45. The fourth-order valence-corrected chi connectivity index (χ4v) is 2.53. The average Bonchev–Trinajstić information content (AvgIpc) is 2.46. The number of piperidine rings is 1. The Morgan fingerprint density at radius 1 is 1.16 bits per heavy atom. The van der Waals surface area contributed by atoms with Crippen LogP contribution in [0.2, 0.25) is 0 Å². The van der Waals surface area contributed by atoms with Crippen LogP contribution in [-0.2, 0) is 0 Å². The Bertz CT molecular complexity index is 439. The molecule has 0 bridgehead atoms. The van der Waals surface area contributed by atoms with Crippen LogP contribution in [0.4, 0.5) is 0 Å². The van der Waals surface area contributed by atoms with Gasteiger partial charge in [0.25, 0.3) is 0 Å². The van der Waals surface area contributed by atoms with Crippen LogP contribution < -0.4 is 0 Å². The maximum Gasteiger partial charge on any atom is 0.0245 e. The molecule has 0 atom stereocenters. The fourth-order valence-electron chi connectivity index (χ4n) is 2.53. The van der Waals surface area contributed by atoms with Crippen molar-refractivity contribution in [1.82, 2.24) is 4.90 Å². The molecule has 19 heavy (non-hydrogen) atoms. The quantitative estimate of drug-likeness (QED) is 0.725. The number of benzene rings is 1. The lowest BCUT2D eigenvalue weighted by Crippen LogP contribution is -2.32. The maximum atomic E-state index is 3.45. The molecule has 1 aromatic carbocycles. The van der Waals surface area contributed by atoms with Crippen LogP contribution in [0.1, 0.15) is 50.7 Å². The third-order valence-corrected chi connectivity index (χ3v) is 4.03. The van der Waals surface area contributed by atoms with Crippen molar-refractivity contribution >= 4 is 0 Å². The third-order valence-electron chi connectivity index (χ3n) is 4.03. The molecule has 1 aliphatic heterocycles. The highest BCUT2D eigenvalue weighted by molar-refractivity contribution is 5.37. The predicted molar refractivity (Wildman–Crippen MR) is 82.2 cm³/mol. The minimum atomic E-state index is 0.590. The minimum Gasteiger partial charge on any atom is -0.304 e. The van der Waals surface area contributed by atoms with Crippen molar-refractivity contribution in [3.05, 3.63) is 35.4 Å². The summed E-state index contributed by atoms with van der Waals surface area (Å²) in [6.07, 6.45) is 2.45. The van der Waals surface area contributed by atoms with Gasteiger partial charge < -0.3 is 4.90 Å². The van der Waals surface area contributed by atoms with Crippen LogP contribution in [0.15, 0.2) is 24.3 Å². The molecular formula is C18H25N. The largest absolute Gasteiger partial charge is 0.304 e. The monoisotopic (exact) mass is 255 g/mol. The zero-order valence-corrected chi connectivity index (χ0v) is 12.4. The van der Waals surface area contributed by atoms with E-state index in [-0.39, 0.29) is 0 Å². The molecule has 1 heteroatoms. The Labute approximate surface area is 118 Å². The minimum absolute atomic E-state index is 0.590. The van der Waals surface area contributed by atoms with Gasteiger partial charge in [-0.1, -0.05) is 44.7 Å². The first-order valence-corrected chi connectivity index (χ1v) is 7.53. The van der Waals surface area contributed by atoms with Crippen molar-refractivity contribution in [3.8, 4) is 11.8 Å². The van der Waals surface area contributed by atoms with Gasteiger partial charge in [-0.25, -0.2) is 0 Å². The van der Waals surface area contributed by atoms with E-state index >= 15 is 0 Å². The molecule has 1 fully saturated rings. The lowest BCUT2D eigenvalue weighted by molar-refractivity contribution is 0.216. The summed E-state index contributed by atoms with van der Waals surface area (Å²) in [5.41, 5.74) is 2.55.